The van der Waals surface area contributed by atoms with Gasteiger partial charge in [0.2, 0.25) is 5.60 Å². The summed E-state index contributed by atoms with van der Waals surface area (Å²) in [5.41, 5.74) is -4.95. The number of thiol groups is 1. The maximum absolute atomic E-state index is 13.5. The number of nitrogens with zero attached hydrogens (tertiary/aromatic N) is 6. The Labute approximate surface area is 212 Å². The molecule has 3 aromatic rings. The van der Waals surface area contributed by atoms with E-state index in [2.05, 4.69) is 54.3 Å². The molecule has 5 atom stereocenters. The van der Waals surface area contributed by atoms with Crippen molar-refractivity contribution in [3.05, 3.63) is 53.7 Å². The SMILES string of the molecule is CNC(=O)[C@]1(OC)[C@@H](S)O[C@](Br)(CO)[C@H](O)C1(c1cccnc1)n1cc(-n2ccc(Cl)n2)nn1. The number of aliphatic hydroxyl groups excluding tert-OH is 2. The van der Waals surface area contributed by atoms with Crippen molar-refractivity contribution in [1.82, 2.24) is 35.1 Å². The first-order valence-corrected chi connectivity index (χ1v) is 11.6. The molecule has 182 valence electrons. The molecule has 15 heteroatoms. The number of halogens is 2. The number of rotatable bonds is 6. The van der Waals surface area contributed by atoms with E-state index in [1.807, 2.05) is 0 Å². The average molecular weight is 575 g/mol. The molecule has 3 aromatic heterocycles. The lowest BCUT2D eigenvalue weighted by atomic mass is 9.67. The van der Waals surface area contributed by atoms with E-state index in [-0.39, 0.29) is 11.0 Å². The normalized spacial score (nSPS) is 31.4. The topological polar surface area (TPSA) is 149 Å². The molecule has 0 bridgehead atoms. The number of likely N-dealkylation sites (N-methyl/N-ethyl adjacent to an activating group) is 1. The summed E-state index contributed by atoms with van der Waals surface area (Å²) in [6, 6.07) is 4.82. The quantitative estimate of drug-likeness (QED) is 0.238. The molecule has 0 spiro atoms. The molecular formula is C19H21BrClN7O5S. The van der Waals surface area contributed by atoms with Gasteiger partial charge in [-0.3, -0.25) is 9.78 Å². The molecule has 1 aliphatic rings. The highest BCUT2D eigenvalue weighted by Gasteiger charge is 2.75. The highest BCUT2D eigenvalue weighted by Crippen LogP contribution is 2.55. The van der Waals surface area contributed by atoms with Crippen LogP contribution in [0, 0.1) is 0 Å². The Morgan fingerprint density at radius 2 is 2.24 bits per heavy atom. The van der Waals surface area contributed by atoms with Crippen molar-refractivity contribution in [3.8, 4) is 5.82 Å². The second-order valence-corrected chi connectivity index (χ2v) is 9.65. The summed E-state index contributed by atoms with van der Waals surface area (Å²) in [4.78, 5) is 17.7. The Balaban J connectivity index is 2.11. The standard InChI is InChI=1S/C19H21BrClN7O5S/c1-22-15(31)19(32-2)16(34)33-17(20,10-29)14(30)18(19,11-4-3-6-23-8-11)28-9-13(24-26-28)27-7-5-12(21)25-27/h3-9,14,16,29-30,34H,10H2,1-2H3,(H,22,31)/t14-,16+,17+,18?,19-/m0/s1. The first kappa shape index (κ1) is 25.0. The van der Waals surface area contributed by atoms with Crippen LogP contribution in [0.3, 0.4) is 0 Å². The number of methoxy groups -OCH3 is 1. The van der Waals surface area contributed by atoms with E-state index in [4.69, 9.17) is 21.1 Å². The zero-order valence-corrected chi connectivity index (χ0v) is 21.1. The summed E-state index contributed by atoms with van der Waals surface area (Å²) >= 11 is 13.8. The molecule has 4 rings (SSSR count). The van der Waals surface area contributed by atoms with Gasteiger partial charge in [-0.15, -0.1) is 17.7 Å². The molecule has 4 heterocycles. The van der Waals surface area contributed by atoms with Gasteiger partial charge in [0.05, 0.1) is 12.8 Å². The number of nitrogens with one attached hydrogen (secondary N) is 1. The predicted octanol–water partition coefficient (Wildman–Crippen LogP) is 0.117. The van der Waals surface area contributed by atoms with Gasteiger partial charge in [-0.2, -0.15) is 5.10 Å². The molecule has 0 aromatic carbocycles. The average Bonchev–Trinajstić information content (AvgIpc) is 3.51. The third-order valence-corrected chi connectivity index (χ3v) is 7.41. The lowest BCUT2D eigenvalue weighted by molar-refractivity contribution is -0.263. The third kappa shape index (κ3) is 3.39. The van der Waals surface area contributed by atoms with E-state index in [1.165, 1.54) is 42.1 Å². The number of aromatic nitrogens is 6. The van der Waals surface area contributed by atoms with E-state index in [0.717, 1.165) is 0 Å². The molecule has 1 unspecified atom stereocenters. The minimum atomic E-state index is -2.04. The number of hydrogen-bond acceptors (Lipinski definition) is 10. The Morgan fingerprint density at radius 3 is 2.79 bits per heavy atom. The van der Waals surface area contributed by atoms with Crippen LogP contribution in [0.5, 0.6) is 0 Å². The van der Waals surface area contributed by atoms with Gasteiger partial charge in [-0.1, -0.05) is 22.9 Å². The summed E-state index contributed by atoms with van der Waals surface area (Å²) in [7, 11) is 2.69. The molecule has 1 aliphatic heterocycles. The molecule has 1 fully saturated rings. The number of amides is 1. The highest BCUT2D eigenvalue weighted by atomic mass is 79.9. The fourth-order valence-electron chi connectivity index (χ4n) is 4.33. The van der Waals surface area contributed by atoms with Crippen LogP contribution in [-0.2, 0) is 19.8 Å². The number of alkyl halides is 1. The van der Waals surface area contributed by atoms with Gasteiger partial charge in [-0.05, 0) is 28.1 Å². The van der Waals surface area contributed by atoms with E-state index in [9.17, 15) is 15.0 Å². The Bertz CT molecular complexity index is 1180. The van der Waals surface area contributed by atoms with Crippen molar-refractivity contribution in [2.75, 3.05) is 20.8 Å². The third-order valence-electron chi connectivity index (χ3n) is 5.86. The van der Waals surface area contributed by atoms with Crippen LogP contribution >= 0.6 is 40.2 Å². The lowest BCUT2D eigenvalue weighted by Crippen LogP contribution is -2.80. The van der Waals surface area contributed by atoms with Crippen LogP contribution in [0.25, 0.3) is 5.82 Å². The van der Waals surface area contributed by atoms with Gasteiger partial charge in [0.25, 0.3) is 5.91 Å². The maximum Gasteiger partial charge on any atom is 0.258 e. The van der Waals surface area contributed by atoms with Crippen LogP contribution in [0.4, 0.5) is 0 Å². The summed E-state index contributed by atoms with van der Waals surface area (Å²) in [5, 5.41) is 37.4. The number of ether oxygens (including phenoxy) is 2. The highest BCUT2D eigenvalue weighted by molar-refractivity contribution is 9.10. The van der Waals surface area contributed by atoms with E-state index in [0.29, 0.717) is 5.56 Å². The van der Waals surface area contributed by atoms with Crippen molar-refractivity contribution in [2.45, 2.75) is 27.2 Å². The van der Waals surface area contributed by atoms with E-state index >= 15 is 0 Å². The van der Waals surface area contributed by atoms with Gasteiger partial charge >= 0.3 is 0 Å². The second-order valence-electron chi connectivity index (χ2n) is 7.45. The summed E-state index contributed by atoms with van der Waals surface area (Å²) in [6.07, 6.45) is 4.31. The number of carbonyl (C=O) groups is 1. The van der Waals surface area contributed by atoms with Crippen molar-refractivity contribution >= 4 is 46.1 Å². The fourth-order valence-corrected chi connectivity index (χ4v) is 5.74. The maximum atomic E-state index is 13.5. The zero-order chi connectivity index (χ0) is 24.7. The summed E-state index contributed by atoms with van der Waals surface area (Å²) < 4.78 is 12.6. The van der Waals surface area contributed by atoms with Gasteiger partial charge in [0, 0.05) is 38.3 Å². The van der Waals surface area contributed by atoms with Crippen molar-refractivity contribution in [3.63, 3.8) is 0 Å². The molecule has 0 saturated carbocycles. The first-order valence-electron chi connectivity index (χ1n) is 9.87. The second kappa shape index (κ2) is 9.18. The van der Waals surface area contributed by atoms with Crippen LogP contribution < -0.4 is 5.32 Å². The Kier molecular flexibility index (Phi) is 6.76. The Hall–Kier alpha value is -2.07. The minimum absolute atomic E-state index is 0.231. The molecule has 0 radical (unpaired) electrons. The molecule has 1 saturated heterocycles. The lowest BCUT2D eigenvalue weighted by Gasteiger charge is -2.59. The fraction of sp³-hybridized carbons (Fsp3) is 0.421. The van der Waals surface area contributed by atoms with Crippen LogP contribution in [0.1, 0.15) is 5.56 Å². The van der Waals surface area contributed by atoms with E-state index in [1.54, 1.807) is 24.4 Å². The van der Waals surface area contributed by atoms with Crippen LogP contribution in [-0.4, -0.2) is 88.3 Å². The van der Waals surface area contributed by atoms with Gasteiger partial charge in [0.15, 0.2) is 21.0 Å². The Morgan fingerprint density at radius 1 is 1.47 bits per heavy atom. The first-order chi connectivity index (χ1) is 16.2. The van der Waals surface area contributed by atoms with Gasteiger partial charge in [0.1, 0.15) is 11.5 Å². The molecule has 3 N–H and O–H groups in total. The van der Waals surface area contributed by atoms with Gasteiger partial charge < -0.3 is 25.0 Å². The van der Waals surface area contributed by atoms with Crippen LogP contribution in [0.15, 0.2) is 43.0 Å². The predicted molar refractivity (Wildman–Crippen MR) is 126 cm³/mol. The molecular weight excluding hydrogens is 554 g/mol. The van der Waals surface area contributed by atoms with Crippen LogP contribution in [0.2, 0.25) is 5.15 Å². The summed E-state index contributed by atoms with van der Waals surface area (Å²) in [5.74, 6) is -0.444. The van der Waals surface area contributed by atoms with Gasteiger partial charge in [-0.25, -0.2) is 9.36 Å². The molecule has 12 nitrogen and oxygen atoms in total. The molecule has 0 aliphatic carbocycles. The van der Waals surface area contributed by atoms with Crippen molar-refractivity contribution in [2.24, 2.45) is 0 Å². The van der Waals surface area contributed by atoms with E-state index < -0.39 is 39.7 Å². The van der Waals surface area contributed by atoms with Crippen molar-refractivity contribution < 1.29 is 24.5 Å². The monoisotopic (exact) mass is 573 g/mol. The molecule has 34 heavy (non-hydrogen) atoms. The number of pyridine rings is 1. The molecule has 1 amide bonds. The summed E-state index contributed by atoms with van der Waals surface area (Å²) in [6.45, 7) is -0.683. The number of hydrogen-bond donors (Lipinski definition) is 4. The largest absolute Gasteiger partial charge is 0.392 e. The number of carbonyl (C=O) groups excluding carboxylic acids is 1. The zero-order valence-electron chi connectivity index (χ0n) is 17.9. The smallest absolute Gasteiger partial charge is 0.258 e. The van der Waals surface area contributed by atoms with Crippen molar-refractivity contribution in [1.29, 1.82) is 0 Å². The minimum Gasteiger partial charge on any atom is -0.392 e. The number of aliphatic hydroxyl groups is 2.